The van der Waals surface area contributed by atoms with Crippen molar-refractivity contribution in [2.45, 2.75) is 18.7 Å². The molecule has 0 amide bonds. The van der Waals surface area contributed by atoms with Crippen LogP contribution < -0.4 is 4.74 Å². The molecule has 3 rings (SSSR count). The van der Waals surface area contributed by atoms with Crippen LogP contribution in [0.1, 0.15) is 16.7 Å². The van der Waals surface area contributed by atoms with E-state index in [1.54, 1.807) is 12.1 Å². The molecular formula is C17H16O3S. The first-order valence-electron chi connectivity index (χ1n) is 6.72. The topological polar surface area (TPSA) is 43.4 Å². The Hall–Kier alpha value is -2.07. The number of rotatable bonds is 3. The summed E-state index contributed by atoms with van der Waals surface area (Å²) in [5, 5.41) is 1.32. The molecule has 0 spiro atoms. The molecule has 1 heterocycles. The summed E-state index contributed by atoms with van der Waals surface area (Å²) in [5.74, 6) is 0.737. The second-order valence-corrected chi connectivity index (χ2v) is 7.00. The zero-order valence-electron chi connectivity index (χ0n) is 12.0. The normalized spacial score (nSPS) is 15.4. The maximum atomic E-state index is 12.1. The molecule has 0 fully saturated rings. The fourth-order valence-electron chi connectivity index (χ4n) is 2.50. The van der Waals surface area contributed by atoms with Crippen molar-refractivity contribution in [3.8, 4) is 5.75 Å². The molecule has 1 aliphatic rings. The molecule has 2 aromatic rings. The second-order valence-electron chi connectivity index (χ2n) is 5.24. The summed E-state index contributed by atoms with van der Waals surface area (Å²) in [6.45, 7) is 4.18. The van der Waals surface area contributed by atoms with Gasteiger partial charge in [-0.3, -0.25) is 0 Å². The predicted molar refractivity (Wildman–Crippen MR) is 83.0 cm³/mol. The van der Waals surface area contributed by atoms with Gasteiger partial charge >= 0.3 is 0 Å². The van der Waals surface area contributed by atoms with Crippen LogP contribution in [0.2, 0.25) is 0 Å². The molecule has 21 heavy (non-hydrogen) atoms. The summed E-state index contributed by atoms with van der Waals surface area (Å²) >= 11 is 0. The van der Waals surface area contributed by atoms with Gasteiger partial charge in [-0.2, -0.15) is 0 Å². The molecule has 0 saturated carbocycles. The van der Waals surface area contributed by atoms with E-state index in [1.165, 1.54) is 5.41 Å². The van der Waals surface area contributed by atoms with E-state index < -0.39 is 9.84 Å². The molecule has 0 bridgehead atoms. The van der Waals surface area contributed by atoms with Crippen molar-refractivity contribution in [2.75, 3.05) is 6.61 Å². The average Bonchev–Trinajstić information content (AvgIpc) is 2.71. The number of sulfone groups is 1. The Morgan fingerprint density at radius 3 is 2.43 bits per heavy atom. The van der Waals surface area contributed by atoms with Gasteiger partial charge in [-0.25, -0.2) is 8.42 Å². The third kappa shape index (κ3) is 2.59. The lowest BCUT2D eigenvalue weighted by molar-refractivity contribution is 0.369. The predicted octanol–water partition coefficient (Wildman–Crippen LogP) is 3.51. The Kier molecular flexibility index (Phi) is 3.33. The number of hydrogen-bond donors (Lipinski definition) is 0. The summed E-state index contributed by atoms with van der Waals surface area (Å²) in [6, 6.07) is 13.0. The van der Waals surface area contributed by atoms with Crippen molar-refractivity contribution in [3.63, 3.8) is 0 Å². The molecule has 1 aliphatic heterocycles. The van der Waals surface area contributed by atoms with Crippen LogP contribution in [0.5, 0.6) is 5.75 Å². The molecule has 0 aromatic heterocycles. The van der Waals surface area contributed by atoms with Crippen LogP contribution in [0, 0.1) is 13.8 Å². The first-order chi connectivity index (χ1) is 9.97. The third-order valence-electron chi connectivity index (χ3n) is 3.57. The number of fused-ring (bicyclic) bond motifs is 1. The Morgan fingerprint density at radius 2 is 1.71 bits per heavy atom. The zero-order valence-corrected chi connectivity index (χ0v) is 12.8. The van der Waals surface area contributed by atoms with Crippen molar-refractivity contribution < 1.29 is 13.2 Å². The molecule has 0 atom stereocenters. The van der Waals surface area contributed by atoms with Gasteiger partial charge in [-0.05, 0) is 37.6 Å². The molecule has 0 saturated heterocycles. The molecule has 3 nitrogen and oxygen atoms in total. The number of hydrogen-bond acceptors (Lipinski definition) is 3. The van der Waals surface area contributed by atoms with E-state index in [0.29, 0.717) is 10.5 Å². The summed E-state index contributed by atoms with van der Waals surface area (Å²) in [5.41, 5.74) is 3.60. The minimum Gasteiger partial charge on any atom is -0.489 e. The molecule has 0 unspecified atom stereocenters. The van der Waals surface area contributed by atoms with Crippen LogP contribution in [0.25, 0.3) is 5.57 Å². The highest BCUT2D eigenvalue weighted by Crippen LogP contribution is 2.35. The summed E-state index contributed by atoms with van der Waals surface area (Å²) in [6.07, 6.45) is 0. The lowest BCUT2D eigenvalue weighted by Crippen LogP contribution is -2.01. The highest BCUT2D eigenvalue weighted by molar-refractivity contribution is 7.95. The van der Waals surface area contributed by atoms with Gasteiger partial charge in [-0.1, -0.05) is 29.8 Å². The van der Waals surface area contributed by atoms with E-state index in [-0.39, 0.29) is 6.61 Å². The van der Waals surface area contributed by atoms with E-state index in [1.807, 2.05) is 44.2 Å². The molecule has 0 radical (unpaired) electrons. The van der Waals surface area contributed by atoms with Gasteiger partial charge in [0.25, 0.3) is 0 Å². The summed E-state index contributed by atoms with van der Waals surface area (Å²) in [7, 11) is -3.33. The van der Waals surface area contributed by atoms with Gasteiger partial charge in [0.15, 0.2) is 0 Å². The fourth-order valence-corrected chi connectivity index (χ4v) is 4.03. The molecule has 4 heteroatoms. The number of benzene rings is 2. The van der Waals surface area contributed by atoms with E-state index in [0.717, 1.165) is 22.4 Å². The van der Waals surface area contributed by atoms with Crippen LogP contribution in [0.3, 0.4) is 0 Å². The van der Waals surface area contributed by atoms with E-state index in [4.69, 9.17) is 4.74 Å². The van der Waals surface area contributed by atoms with E-state index >= 15 is 0 Å². The first-order valence-corrected chi connectivity index (χ1v) is 8.27. The molecule has 0 N–H and O–H groups in total. The molecular weight excluding hydrogens is 284 g/mol. The lowest BCUT2D eigenvalue weighted by atomic mass is 10.0. The first kappa shape index (κ1) is 13.9. The number of ether oxygens (including phenoxy) is 1. The standard InChI is InChI=1S/C17H16O3S/c1-12-6-8-15(9-7-12)20-10-14-11-21(18,19)16-5-3-4-13(2)17(14)16/h3-9,11H,10H2,1-2H3. The van der Waals surface area contributed by atoms with Gasteiger partial charge in [0, 0.05) is 16.5 Å². The van der Waals surface area contributed by atoms with Gasteiger partial charge in [-0.15, -0.1) is 0 Å². The second kappa shape index (κ2) is 5.04. The van der Waals surface area contributed by atoms with Gasteiger partial charge in [0.05, 0.1) is 4.90 Å². The number of aryl methyl sites for hydroxylation is 2. The lowest BCUT2D eigenvalue weighted by Gasteiger charge is -2.10. The average molecular weight is 300 g/mol. The van der Waals surface area contributed by atoms with Crippen LogP contribution >= 0.6 is 0 Å². The van der Waals surface area contributed by atoms with Crippen molar-refractivity contribution >= 4 is 15.4 Å². The van der Waals surface area contributed by atoms with Crippen molar-refractivity contribution in [3.05, 3.63) is 64.6 Å². The van der Waals surface area contributed by atoms with Gasteiger partial charge < -0.3 is 4.74 Å². The van der Waals surface area contributed by atoms with Gasteiger partial charge in [0.1, 0.15) is 12.4 Å². The Morgan fingerprint density at radius 1 is 1.00 bits per heavy atom. The Labute approximate surface area is 124 Å². The smallest absolute Gasteiger partial charge is 0.200 e. The Balaban J connectivity index is 1.89. The quantitative estimate of drug-likeness (QED) is 0.871. The maximum Gasteiger partial charge on any atom is 0.200 e. The SMILES string of the molecule is Cc1ccc(OCC2=CS(=O)(=O)c3cccc(C)c32)cc1. The fraction of sp³-hybridized carbons (Fsp3) is 0.176. The van der Waals surface area contributed by atoms with Gasteiger partial charge in [0.2, 0.25) is 9.84 Å². The highest BCUT2D eigenvalue weighted by Gasteiger charge is 2.28. The van der Waals surface area contributed by atoms with Crippen LogP contribution in [0.4, 0.5) is 0 Å². The largest absolute Gasteiger partial charge is 0.489 e. The Bertz CT molecular complexity index is 816. The molecule has 0 aliphatic carbocycles. The van der Waals surface area contributed by atoms with E-state index in [9.17, 15) is 8.42 Å². The maximum absolute atomic E-state index is 12.1. The molecule has 108 valence electrons. The highest BCUT2D eigenvalue weighted by atomic mass is 32.2. The zero-order chi connectivity index (χ0) is 15.0. The monoisotopic (exact) mass is 300 g/mol. The van der Waals surface area contributed by atoms with Crippen LogP contribution in [-0.2, 0) is 9.84 Å². The van der Waals surface area contributed by atoms with E-state index in [2.05, 4.69) is 0 Å². The minimum atomic E-state index is -3.33. The third-order valence-corrected chi connectivity index (χ3v) is 5.12. The van der Waals surface area contributed by atoms with Crippen molar-refractivity contribution in [1.82, 2.24) is 0 Å². The minimum absolute atomic E-state index is 0.250. The van der Waals surface area contributed by atoms with Crippen molar-refractivity contribution in [2.24, 2.45) is 0 Å². The summed E-state index contributed by atoms with van der Waals surface area (Å²) in [4.78, 5) is 0.380. The van der Waals surface area contributed by atoms with Crippen molar-refractivity contribution in [1.29, 1.82) is 0 Å². The van der Waals surface area contributed by atoms with Crippen LogP contribution in [0.15, 0.2) is 52.8 Å². The molecule has 2 aromatic carbocycles. The van der Waals surface area contributed by atoms with Crippen LogP contribution in [-0.4, -0.2) is 15.0 Å². The summed E-state index contributed by atoms with van der Waals surface area (Å²) < 4.78 is 30.0.